The van der Waals surface area contributed by atoms with Crippen molar-refractivity contribution in [2.45, 2.75) is 25.4 Å². The highest BCUT2D eigenvalue weighted by Gasteiger charge is 2.33. The molecule has 0 spiro atoms. The van der Waals surface area contributed by atoms with Crippen molar-refractivity contribution in [3.05, 3.63) is 96.2 Å². The first-order valence-corrected chi connectivity index (χ1v) is 9.38. The van der Waals surface area contributed by atoms with Crippen molar-refractivity contribution in [1.29, 1.82) is 0 Å². The maximum Gasteiger partial charge on any atom is 0.433 e. The summed E-state index contributed by atoms with van der Waals surface area (Å²) in [5.74, 6) is 0. The Morgan fingerprint density at radius 3 is 2.30 bits per heavy atom. The average molecular weight is 408 g/mol. The van der Waals surface area contributed by atoms with Gasteiger partial charge in [-0.2, -0.15) is 18.3 Å². The predicted octanol–water partition coefficient (Wildman–Crippen LogP) is 5.67. The van der Waals surface area contributed by atoms with Crippen LogP contribution in [-0.2, 0) is 11.6 Å². The molecule has 1 aromatic carbocycles. The number of hydrogen-bond acceptors (Lipinski definition) is 3. The van der Waals surface area contributed by atoms with Gasteiger partial charge in [0.15, 0.2) is 0 Å². The Labute approximate surface area is 172 Å². The smallest absolute Gasteiger partial charge is 0.252 e. The molecule has 0 saturated carbocycles. The van der Waals surface area contributed by atoms with E-state index in [1.807, 2.05) is 62.5 Å². The lowest BCUT2D eigenvalue weighted by atomic mass is 9.85. The summed E-state index contributed by atoms with van der Waals surface area (Å²) in [5.41, 5.74) is 1.80. The van der Waals surface area contributed by atoms with E-state index in [0.29, 0.717) is 17.0 Å². The number of hydrogen-bond donors (Lipinski definition) is 0. The number of pyridine rings is 2. The van der Waals surface area contributed by atoms with E-state index in [4.69, 9.17) is 5.10 Å². The van der Waals surface area contributed by atoms with Crippen LogP contribution in [0.2, 0.25) is 0 Å². The Hall–Kier alpha value is -3.48. The van der Waals surface area contributed by atoms with Gasteiger partial charge < -0.3 is 0 Å². The summed E-state index contributed by atoms with van der Waals surface area (Å²) in [4.78, 5) is 8.07. The highest BCUT2D eigenvalue weighted by molar-refractivity contribution is 5.59. The van der Waals surface area contributed by atoms with Gasteiger partial charge in [-0.25, -0.2) is 4.68 Å². The van der Waals surface area contributed by atoms with E-state index in [9.17, 15) is 13.2 Å². The molecule has 30 heavy (non-hydrogen) atoms. The highest BCUT2D eigenvalue weighted by atomic mass is 19.4. The normalized spacial score (nSPS) is 12.2. The Kier molecular flexibility index (Phi) is 4.89. The van der Waals surface area contributed by atoms with Gasteiger partial charge in [-0.1, -0.05) is 24.3 Å². The number of rotatable bonds is 4. The number of nitrogens with zero attached hydrogens (tertiary/aromatic N) is 4. The molecule has 3 heterocycles. The molecule has 3 aromatic heterocycles. The number of aromatic nitrogens is 4. The standard InChI is InChI=1S/C23H19F3N4/c1-22(2,20-12-14-30(29-20)17-7-4-3-5-8-17)19-10-6-9-18(28-19)16-11-13-27-21(15-16)23(24,25)26/h3-15H,1-2H3. The lowest BCUT2D eigenvalue weighted by Gasteiger charge is -2.22. The van der Waals surface area contributed by atoms with Gasteiger partial charge in [0.25, 0.3) is 0 Å². The summed E-state index contributed by atoms with van der Waals surface area (Å²) in [7, 11) is 0. The van der Waals surface area contributed by atoms with Crippen LogP contribution in [0.4, 0.5) is 13.2 Å². The molecule has 0 atom stereocenters. The van der Waals surface area contributed by atoms with Gasteiger partial charge in [-0.3, -0.25) is 9.97 Å². The van der Waals surface area contributed by atoms with Crippen LogP contribution in [0.5, 0.6) is 0 Å². The molecule has 0 saturated heterocycles. The zero-order chi connectivity index (χ0) is 21.4. The maximum absolute atomic E-state index is 13.0. The first-order valence-electron chi connectivity index (χ1n) is 9.38. The van der Waals surface area contributed by atoms with E-state index in [-0.39, 0.29) is 0 Å². The van der Waals surface area contributed by atoms with Crippen molar-refractivity contribution in [2.24, 2.45) is 0 Å². The molecule has 0 unspecified atom stereocenters. The number of halogens is 3. The molecule has 0 bridgehead atoms. The molecule has 4 aromatic rings. The molecular weight excluding hydrogens is 389 g/mol. The van der Waals surface area contributed by atoms with E-state index >= 15 is 0 Å². The fourth-order valence-corrected chi connectivity index (χ4v) is 3.20. The summed E-state index contributed by atoms with van der Waals surface area (Å²) < 4.78 is 40.9. The van der Waals surface area contributed by atoms with Crippen molar-refractivity contribution < 1.29 is 13.2 Å². The summed E-state index contributed by atoms with van der Waals surface area (Å²) in [6, 6.07) is 19.6. The van der Waals surface area contributed by atoms with Gasteiger partial charge in [-0.05, 0) is 56.3 Å². The first-order chi connectivity index (χ1) is 14.2. The summed E-state index contributed by atoms with van der Waals surface area (Å²) in [6.45, 7) is 3.98. The summed E-state index contributed by atoms with van der Waals surface area (Å²) in [5, 5.41) is 4.70. The van der Waals surface area contributed by atoms with Crippen LogP contribution < -0.4 is 0 Å². The van der Waals surface area contributed by atoms with Crippen LogP contribution in [0.25, 0.3) is 16.9 Å². The third-order valence-electron chi connectivity index (χ3n) is 4.99. The van der Waals surface area contributed by atoms with Crippen molar-refractivity contribution in [2.75, 3.05) is 0 Å². The minimum Gasteiger partial charge on any atom is -0.252 e. The molecule has 4 nitrogen and oxygen atoms in total. The predicted molar refractivity (Wildman–Crippen MR) is 108 cm³/mol. The fraction of sp³-hybridized carbons (Fsp3) is 0.174. The summed E-state index contributed by atoms with van der Waals surface area (Å²) >= 11 is 0. The van der Waals surface area contributed by atoms with Crippen molar-refractivity contribution >= 4 is 0 Å². The third-order valence-corrected chi connectivity index (χ3v) is 4.99. The van der Waals surface area contributed by atoms with Gasteiger partial charge in [0, 0.05) is 18.0 Å². The topological polar surface area (TPSA) is 43.6 Å². The number of benzene rings is 1. The molecule has 152 valence electrons. The van der Waals surface area contributed by atoms with E-state index < -0.39 is 17.3 Å². The Bertz CT molecular complexity index is 1160. The largest absolute Gasteiger partial charge is 0.433 e. The van der Waals surface area contributed by atoms with Gasteiger partial charge in [0.05, 0.1) is 28.2 Å². The Morgan fingerprint density at radius 1 is 0.800 bits per heavy atom. The Morgan fingerprint density at radius 2 is 1.57 bits per heavy atom. The Balaban J connectivity index is 1.69. The van der Waals surface area contributed by atoms with Crippen LogP contribution in [0.15, 0.2) is 79.1 Å². The van der Waals surface area contributed by atoms with Crippen LogP contribution in [0, 0.1) is 0 Å². The van der Waals surface area contributed by atoms with E-state index in [1.165, 1.54) is 6.07 Å². The summed E-state index contributed by atoms with van der Waals surface area (Å²) in [6.07, 6.45) is -1.47. The second kappa shape index (κ2) is 7.40. The molecule has 0 fully saturated rings. The molecule has 0 aliphatic heterocycles. The number of para-hydroxylation sites is 1. The third kappa shape index (κ3) is 3.83. The van der Waals surface area contributed by atoms with Gasteiger partial charge >= 0.3 is 6.18 Å². The van der Waals surface area contributed by atoms with Crippen molar-refractivity contribution in [3.63, 3.8) is 0 Å². The van der Waals surface area contributed by atoms with E-state index in [0.717, 1.165) is 23.6 Å². The molecule has 7 heteroatoms. The fourth-order valence-electron chi connectivity index (χ4n) is 3.20. The molecule has 0 aliphatic rings. The molecule has 0 aliphatic carbocycles. The van der Waals surface area contributed by atoms with Crippen LogP contribution in [0.1, 0.15) is 30.9 Å². The quantitative estimate of drug-likeness (QED) is 0.437. The highest BCUT2D eigenvalue weighted by Crippen LogP contribution is 2.33. The second-order valence-corrected chi connectivity index (χ2v) is 7.44. The van der Waals surface area contributed by atoms with Gasteiger partial charge in [0.2, 0.25) is 0 Å². The number of alkyl halides is 3. The SMILES string of the molecule is CC(C)(c1cccc(-c2ccnc(C(F)(F)F)c2)n1)c1ccn(-c2ccccc2)n1. The zero-order valence-electron chi connectivity index (χ0n) is 16.4. The molecule has 0 radical (unpaired) electrons. The van der Waals surface area contributed by atoms with E-state index in [1.54, 1.807) is 16.8 Å². The van der Waals surface area contributed by atoms with Crippen LogP contribution >= 0.6 is 0 Å². The molecule has 4 rings (SSSR count). The molecular formula is C23H19F3N4. The monoisotopic (exact) mass is 408 g/mol. The zero-order valence-corrected chi connectivity index (χ0v) is 16.4. The minimum atomic E-state index is -4.50. The lowest BCUT2D eigenvalue weighted by molar-refractivity contribution is -0.141. The maximum atomic E-state index is 13.0. The molecule has 0 amide bonds. The van der Waals surface area contributed by atoms with Crippen molar-refractivity contribution in [3.8, 4) is 16.9 Å². The minimum absolute atomic E-state index is 0.366. The van der Waals surface area contributed by atoms with Crippen LogP contribution in [0.3, 0.4) is 0 Å². The first kappa shape index (κ1) is 19.8. The van der Waals surface area contributed by atoms with Gasteiger partial charge in [0.1, 0.15) is 5.69 Å². The second-order valence-electron chi connectivity index (χ2n) is 7.44. The average Bonchev–Trinajstić information content (AvgIpc) is 3.25. The lowest BCUT2D eigenvalue weighted by Crippen LogP contribution is -2.22. The van der Waals surface area contributed by atoms with Crippen molar-refractivity contribution in [1.82, 2.24) is 19.7 Å². The van der Waals surface area contributed by atoms with Gasteiger partial charge in [-0.15, -0.1) is 0 Å². The van der Waals surface area contributed by atoms with Crippen LogP contribution in [-0.4, -0.2) is 19.7 Å². The van der Waals surface area contributed by atoms with E-state index in [2.05, 4.69) is 9.97 Å². The molecule has 0 N–H and O–H groups in total.